The second-order valence-corrected chi connectivity index (χ2v) is 7.23. The monoisotopic (exact) mass is 309 g/mol. The van der Waals surface area contributed by atoms with Crippen LogP contribution in [-0.2, 0) is 20.4 Å². The number of carbonyl (C=O) groups excluding carboxylic acids is 1. The van der Waals surface area contributed by atoms with Crippen LogP contribution >= 0.6 is 0 Å². The minimum atomic E-state index is -3.65. The van der Waals surface area contributed by atoms with Crippen molar-refractivity contribution in [2.24, 2.45) is 5.14 Å². The van der Waals surface area contributed by atoms with Gasteiger partial charge in [-0.2, -0.15) is 12.7 Å². The van der Waals surface area contributed by atoms with Crippen molar-refractivity contribution in [3.63, 3.8) is 0 Å². The van der Waals surface area contributed by atoms with Crippen molar-refractivity contribution in [1.29, 1.82) is 0 Å². The SMILES string of the molecule is NS(=O)(=O)N1CCN(C(=O)C2(c3ccccc3)CC2)CC1. The normalized spacial score (nSPS) is 22.0. The van der Waals surface area contributed by atoms with Crippen LogP contribution < -0.4 is 5.14 Å². The predicted molar refractivity (Wildman–Crippen MR) is 78.6 cm³/mol. The minimum absolute atomic E-state index is 0.114. The van der Waals surface area contributed by atoms with Gasteiger partial charge in [-0.05, 0) is 18.4 Å². The zero-order valence-corrected chi connectivity index (χ0v) is 12.6. The summed E-state index contributed by atoms with van der Waals surface area (Å²) >= 11 is 0. The summed E-state index contributed by atoms with van der Waals surface area (Å²) in [5.74, 6) is 0.114. The Morgan fingerprint density at radius 1 is 1.05 bits per heavy atom. The number of carbonyl (C=O) groups is 1. The van der Waals surface area contributed by atoms with Gasteiger partial charge in [0.15, 0.2) is 0 Å². The number of nitrogens with two attached hydrogens (primary N) is 1. The molecule has 2 N–H and O–H groups in total. The van der Waals surface area contributed by atoms with Gasteiger partial charge in [0, 0.05) is 26.2 Å². The maximum atomic E-state index is 12.8. The maximum Gasteiger partial charge on any atom is 0.277 e. The molecule has 7 heteroatoms. The first-order valence-corrected chi connectivity index (χ1v) is 8.57. The van der Waals surface area contributed by atoms with E-state index < -0.39 is 10.2 Å². The third-order valence-corrected chi connectivity index (χ3v) is 5.46. The van der Waals surface area contributed by atoms with Crippen LogP contribution in [0.4, 0.5) is 0 Å². The summed E-state index contributed by atoms with van der Waals surface area (Å²) in [6.07, 6.45) is 1.73. The average Bonchev–Trinajstić information content (AvgIpc) is 3.28. The van der Waals surface area contributed by atoms with Gasteiger partial charge in [0.1, 0.15) is 0 Å². The minimum Gasteiger partial charge on any atom is -0.339 e. The second kappa shape index (κ2) is 5.08. The Morgan fingerprint density at radius 2 is 1.62 bits per heavy atom. The van der Waals surface area contributed by atoms with E-state index in [0.29, 0.717) is 13.1 Å². The van der Waals surface area contributed by atoms with E-state index >= 15 is 0 Å². The lowest BCUT2D eigenvalue weighted by molar-refractivity contribution is -0.135. The smallest absolute Gasteiger partial charge is 0.277 e. The number of piperazine rings is 1. The number of rotatable bonds is 3. The number of benzene rings is 1. The second-order valence-electron chi connectivity index (χ2n) is 5.68. The van der Waals surface area contributed by atoms with Gasteiger partial charge in [-0.3, -0.25) is 4.79 Å². The van der Waals surface area contributed by atoms with Gasteiger partial charge < -0.3 is 4.90 Å². The highest BCUT2D eigenvalue weighted by Crippen LogP contribution is 2.49. The van der Waals surface area contributed by atoms with Crippen molar-refractivity contribution in [1.82, 2.24) is 9.21 Å². The highest BCUT2D eigenvalue weighted by Gasteiger charge is 2.53. The molecule has 1 aliphatic heterocycles. The molecule has 21 heavy (non-hydrogen) atoms. The average molecular weight is 309 g/mol. The Bertz CT molecular complexity index is 633. The summed E-state index contributed by atoms with van der Waals surface area (Å²) in [7, 11) is -3.65. The van der Waals surface area contributed by atoms with Crippen LogP contribution in [0.25, 0.3) is 0 Å². The van der Waals surface area contributed by atoms with Gasteiger partial charge in [-0.15, -0.1) is 0 Å². The van der Waals surface area contributed by atoms with Crippen molar-refractivity contribution in [2.75, 3.05) is 26.2 Å². The lowest BCUT2D eigenvalue weighted by Gasteiger charge is -2.35. The highest BCUT2D eigenvalue weighted by atomic mass is 32.2. The van der Waals surface area contributed by atoms with E-state index in [4.69, 9.17) is 5.14 Å². The van der Waals surface area contributed by atoms with Gasteiger partial charge in [0.2, 0.25) is 5.91 Å². The Labute approximate surface area is 124 Å². The summed E-state index contributed by atoms with van der Waals surface area (Å²) in [6, 6.07) is 9.81. The molecule has 114 valence electrons. The molecule has 1 saturated heterocycles. The van der Waals surface area contributed by atoms with E-state index in [1.807, 2.05) is 30.3 Å². The summed E-state index contributed by atoms with van der Waals surface area (Å²) in [4.78, 5) is 14.5. The summed E-state index contributed by atoms with van der Waals surface area (Å²) in [6.45, 7) is 1.36. The highest BCUT2D eigenvalue weighted by molar-refractivity contribution is 7.86. The maximum absolute atomic E-state index is 12.8. The molecule has 0 bridgehead atoms. The molecular formula is C14H19N3O3S. The van der Waals surface area contributed by atoms with Gasteiger partial charge in [-0.25, -0.2) is 5.14 Å². The first-order chi connectivity index (χ1) is 9.93. The van der Waals surface area contributed by atoms with Crippen molar-refractivity contribution in [3.8, 4) is 0 Å². The Kier molecular flexibility index (Phi) is 3.51. The molecule has 1 saturated carbocycles. The largest absolute Gasteiger partial charge is 0.339 e. The van der Waals surface area contributed by atoms with E-state index in [2.05, 4.69) is 0 Å². The third-order valence-electron chi connectivity index (χ3n) is 4.37. The lowest BCUT2D eigenvalue weighted by Crippen LogP contribution is -2.54. The van der Waals surface area contributed by atoms with Gasteiger partial charge in [0.25, 0.3) is 10.2 Å². The van der Waals surface area contributed by atoms with Crippen molar-refractivity contribution in [3.05, 3.63) is 35.9 Å². The molecule has 1 aromatic rings. The fraction of sp³-hybridized carbons (Fsp3) is 0.500. The number of hydrogen-bond acceptors (Lipinski definition) is 3. The molecule has 3 rings (SSSR count). The summed E-state index contributed by atoms with van der Waals surface area (Å²) in [5, 5.41) is 5.12. The van der Waals surface area contributed by atoms with Crippen LogP contribution in [0.3, 0.4) is 0 Å². The molecule has 1 amide bonds. The number of nitrogens with zero attached hydrogens (tertiary/aromatic N) is 2. The van der Waals surface area contributed by atoms with E-state index in [0.717, 1.165) is 18.4 Å². The molecule has 0 spiro atoms. The Hall–Kier alpha value is -1.44. The van der Waals surface area contributed by atoms with E-state index in [1.54, 1.807) is 4.90 Å². The van der Waals surface area contributed by atoms with Gasteiger partial charge >= 0.3 is 0 Å². The van der Waals surface area contributed by atoms with Crippen LogP contribution in [-0.4, -0.2) is 49.7 Å². The third kappa shape index (κ3) is 2.68. The van der Waals surface area contributed by atoms with E-state index in [9.17, 15) is 13.2 Å². The van der Waals surface area contributed by atoms with Crippen LogP contribution in [0.2, 0.25) is 0 Å². The Balaban J connectivity index is 1.71. The van der Waals surface area contributed by atoms with Gasteiger partial charge in [0.05, 0.1) is 5.41 Å². The first kappa shape index (κ1) is 14.5. The lowest BCUT2D eigenvalue weighted by atomic mass is 9.94. The standard InChI is InChI=1S/C14H19N3O3S/c15-21(19,20)17-10-8-16(9-11-17)13(18)14(6-7-14)12-4-2-1-3-5-12/h1-5H,6-11H2,(H2,15,19,20). The van der Waals surface area contributed by atoms with Crippen molar-refractivity contribution >= 4 is 16.1 Å². The molecule has 1 heterocycles. The van der Waals surface area contributed by atoms with Gasteiger partial charge in [-0.1, -0.05) is 30.3 Å². The number of hydrogen-bond donors (Lipinski definition) is 1. The fourth-order valence-corrected chi connectivity index (χ4v) is 3.63. The zero-order valence-electron chi connectivity index (χ0n) is 11.7. The molecule has 0 unspecified atom stereocenters. The summed E-state index contributed by atoms with van der Waals surface area (Å²) < 4.78 is 23.8. The van der Waals surface area contributed by atoms with Crippen molar-refractivity contribution in [2.45, 2.75) is 18.3 Å². The van der Waals surface area contributed by atoms with Crippen LogP contribution in [0, 0.1) is 0 Å². The molecule has 6 nitrogen and oxygen atoms in total. The Morgan fingerprint density at radius 3 is 2.10 bits per heavy atom. The summed E-state index contributed by atoms with van der Waals surface area (Å²) in [5.41, 5.74) is 0.675. The predicted octanol–water partition coefficient (Wildman–Crippen LogP) is 0.0659. The van der Waals surface area contributed by atoms with E-state index in [-0.39, 0.29) is 24.4 Å². The number of amides is 1. The molecular weight excluding hydrogens is 290 g/mol. The first-order valence-electron chi connectivity index (χ1n) is 7.06. The van der Waals surface area contributed by atoms with Crippen LogP contribution in [0.1, 0.15) is 18.4 Å². The van der Waals surface area contributed by atoms with Crippen LogP contribution in [0.5, 0.6) is 0 Å². The molecule has 2 fully saturated rings. The van der Waals surface area contributed by atoms with E-state index in [1.165, 1.54) is 4.31 Å². The molecule has 0 radical (unpaired) electrons. The van der Waals surface area contributed by atoms with Crippen LogP contribution in [0.15, 0.2) is 30.3 Å². The molecule has 1 aliphatic carbocycles. The quantitative estimate of drug-likeness (QED) is 0.857. The molecule has 0 atom stereocenters. The molecule has 0 aromatic heterocycles. The molecule has 2 aliphatic rings. The fourth-order valence-electron chi connectivity index (χ4n) is 2.96. The molecule has 1 aromatic carbocycles. The topological polar surface area (TPSA) is 83.7 Å². The van der Waals surface area contributed by atoms with Crippen molar-refractivity contribution < 1.29 is 13.2 Å². The zero-order chi connectivity index (χ0) is 15.1.